The first kappa shape index (κ1) is 27.5. The molecule has 2 aliphatic rings. The van der Waals surface area contributed by atoms with Crippen LogP contribution in [0.1, 0.15) is 44.1 Å². The quantitative estimate of drug-likeness (QED) is 0.219. The number of aromatic nitrogens is 3. The van der Waals surface area contributed by atoms with Crippen LogP contribution in [0.25, 0.3) is 22.2 Å². The summed E-state index contributed by atoms with van der Waals surface area (Å²) >= 11 is 6.53. The molecule has 1 aliphatic heterocycles. The minimum absolute atomic E-state index is 0.217. The number of likely N-dealkylation sites (tertiary alicyclic amines) is 1. The van der Waals surface area contributed by atoms with Gasteiger partial charge in [0.2, 0.25) is 5.95 Å². The number of carbonyl (C=O) groups excluding carboxylic acids is 1. The molecule has 3 heterocycles. The van der Waals surface area contributed by atoms with Crippen LogP contribution in [0, 0.1) is 5.92 Å². The van der Waals surface area contributed by atoms with Crippen LogP contribution in [-0.2, 0) is 11.3 Å². The summed E-state index contributed by atoms with van der Waals surface area (Å²) in [5.41, 5.74) is 3.79. The molecule has 0 bridgehead atoms. The van der Waals surface area contributed by atoms with E-state index in [0.29, 0.717) is 35.6 Å². The van der Waals surface area contributed by atoms with Gasteiger partial charge >= 0.3 is 6.09 Å². The van der Waals surface area contributed by atoms with E-state index in [0.717, 1.165) is 73.0 Å². The van der Waals surface area contributed by atoms with Crippen molar-refractivity contribution in [3.8, 4) is 11.3 Å². The fourth-order valence-corrected chi connectivity index (χ4v) is 6.29. The molecule has 1 amide bonds. The summed E-state index contributed by atoms with van der Waals surface area (Å²) in [4.78, 5) is 27.0. The molecule has 2 aromatic heterocycles. The minimum atomic E-state index is -0.217. The van der Waals surface area contributed by atoms with E-state index < -0.39 is 0 Å². The van der Waals surface area contributed by atoms with Crippen LogP contribution in [0.5, 0.6) is 0 Å². The zero-order chi connectivity index (χ0) is 28.0. The third-order valence-electron chi connectivity index (χ3n) is 8.36. The van der Waals surface area contributed by atoms with Gasteiger partial charge in [0, 0.05) is 47.8 Å². The summed E-state index contributed by atoms with van der Waals surface area (Å²) < 4.78 is 5.51. The van der Waals surface area contributed by atoms with Gasteiger partial charge in [-0.2, -0.15) is 0 Å². The van der Waals surface area contributed by atoms with Gasteiger partial charge in [-0.1, -0.05) is 66.6 Å². The predicted octanol–water partition coefficient (Wildman–Crippen LogP) is 6.64. The Hall–Kier alpha value is -3.62. The van der Waals surface area contributed by atoms with E-state index in [1.807, 2.05) is 59.6 Å². The SMILES string of the molecule is O=C(OCc1ccccc1)N1CCC(NC[C@H]2CCC[C@@H](Nc3ncc(Cl)c(-c4c[nH]c5ccccc45)n3)C2)CC1. The van der Waals surface area contributed by atoms with E-state index >= 15 is 0 Å². The lowest BCUT2D eigenvalue weighted by Crippen LogP contribution is -2.46. The van der Waals surface area contributed by atoms with Crippen LogP contribution in [0.15, 0.2) is 67.0 Å². The number of hydrogen-bond acceptors (Lipinski definition) is 6. The van der Waals surface area contributed by atoms with Crippen molar-refractivity contribution in [1.29, 1.82) is 0 Å². The number of fused-ring (bicyclic) bond motifs is 1. The number of ether oxygens (including phenoxy) is 1. The van der Waals surface area contributed by atoms with Gasteiger partial charge in [0.05, 0.1) is 16.9 Å². The topological polar surface area (TPSA) is 95.2 Å². The molecule has 0 spiro atoms. The third kappa shape index (κ3) is 6.82. The molecule has 2 aromatic carbocycles. The van der Waals surface area contributed by atoms with Gasteiger partial charge in [-0.15, -0.1) is 0 Å². The smallest absolute Gasteiger partial charge is 0.410 e. The van der Waals surface area contributed by atoms with Crippen LogP contribution >= 0.6 is 11.6 Å². The number of rotatable bonds is 8. The second kappa shape index (κ2) is 12.9. The van der Waals surface area contributed by atoms with Crippen LogP contribution in [0.4, 0.5) is 10.7 Å². The van der Waals surface area contributed by atoms with Crippen molar-refractivity contribution in [2.75, 3.05) is 25.0 Å². The largest absolute Gasteiger partial charge is 0.445 e. The van der Waals surface area contributed by atoms with E-state index in [2.05, 4.69) is 26.7 Å². The molecule has 1 saturated carbocycles. The summed E-state index contributed by atoms with van der Waals surface area (Å²) in [5, 5.41) is 9.02. The Kier molecular flexibility index (Phi) is 8.68. The zero-order valence-electron chi connectivity index (χ0n) is 23.2. The van der Waals surface area contributed by atoms with Crippen molar-refractivity contribution >= 4 is 34.5 Å². The number of piperidine rings is 1. The van der Waals surface area contributed by atoms with Crippen molar-refractivity contribution in [1.82, 2.24) is 25.2 Å². The first-order valence-electron chi connectivity index (χ1n) is 14.7. The Morgan fingerprint density at radius 2 is 1.83 bits per heavy atom. The average Bonchev–Trinajstić information content (AvgIpc) is 3.45. The molecule has 0 unspecified atom stereocenters. The number of aromatic amines is 1. The number of halogens is 1. The van der Waals surface area contributed by atoms with Crippen molar-refractivity contribution < 1.29 is 9.53 Å². The Labute approximate surface area is 245 Å². The molecule has 6 rings (SSSR count). The maximum atomic E-state index is 12.5. The van der Waals surface area contributed by atoms with Gasteiger partial charge in [0.25, 0.3) is 0 Å². The Morgan fingerprint density at radius 1 is 1.02 bits per heavy atom. The average molecular weight is 573 g/mol. The van der Waals surface area contributed by atoms with Gasteiger partial charge < -0.3 is 25.3 Å². The lowest BCUT2D eigenvalue weighted by atomic mass is 9.85. The number of para-hydroxylation sites is 1. The maximum absolute atomic E-state index is 12.5. The first-order valence-corrected chi connectivity index (χ1v) is 15.0. The summed E-state index contributed by atoms with van der Waals surface area (Å²) in [5.74, 6) is 1.22. The molecule has 3 N–H and O–H groups in total. The van der Waals surface area contributed by atoms with Crippen molar-refractivity contribution in [2.24, 2.45) is 5.92 Å². The molecule has 1 saturated heterocycles. The number of amides is 1. The molecule has 4 aromatic rings. The normalized spacial score (nSPS) is 19.8. The van der Waals surface area contributed by atoms with Crippen LogP contribution in [0.2, 0.25) is 5.02 Å². The van der Waals surface area contributed by atoms with E-state index in [-0.39, 0.29) is 6.09 Å². The van der Waals surface area contributed by atoms with Crippen molar-refractivity contribution in [3.05, 3.63) is 77.6 Å². The van der Waals surface area contributed by atoms with Gasteiger partial charge in [-0.3, -0.25) is 0 Å². The second-order valence-electron chi connectivity index (χ2n) is 11.2. The molecule has 2 fully saturated rings. The number of carbonyl (C=O) groups is 1. The number of nitrogens with one attached hydrogen (secondary N) is 3. The Bertz CT molecular complexity index is 1450. The van der Waals surface area contributed by atoms with Gasteiger partial charge in [-0.05, 0) is 56.2 Å². The molecule has 1 aliphatic carbocycles. The highest BCUT2D eigenvalue weighted by Gasteiger charge is 2.27. The number of hydrogen-bond donors (Lipinski definition) is 3. The first-order chi connectivity index (χ1) is 20.1. The molecule has 9 heteroatoms. The van der Waals surface area contributed by atoms with Gasteiger partial charge in [-0.25, -0.2) is 14.8 Å². The fraction of sp³-hybridized carbons (Fsp3) is 0.406. The summed E-state index contributed by atoms with van der Waals surface area (Å²) in [6.45, 7) is 2.77. The van der Waals surface area contributed by atoms with Gasteiger partial charge in [0.15, 0.2) is 0 Å². The van der Waals surface area contributed by atoms with E-state index in [1.54, 1.807) is 6.20 Å². The molecule has 214 valence electrons. The van der Waals surface area contributed by atoms with E-state index in [1.165, 1.54) is 12.8 Å². The highest BCUT2D eigenvalue weighted by molar-refractivity contribution is 6.33. The lowest BCUT2D eigenvalue weighted by Gasteiger charge is -2.34. The van der Waals surface area contributed by atoms with Crippen LogP contribution in [-0.4, -0.2) is 57.7 Å². The Balaban J connectivity index is 0.968. The molecular formula is C32H37ClN6O2. The molecule has 2 atom stereocenters. The number of H-pyrrole nitrogens is 1. The van der Waals surface area contributed by atoms with Crippen LogP contribution in [0.3, 0.4) is 0 Å². The number of nitrogens with zero attached hydrogens (tertiary/aromatic N) is 3. The molecule has 41 heavy (non-hydrogen) atoms. The van der Waals surface area contributed by atoms with Crippen LogP contribution < -0.4 is 10.6 Å². The fourth-order valence-electron chi connectivity index (χ4n) is 6.09. The zero-order valence-corrected chi connectivity index (χ0v) is 23.9. The third-order valence-corrected chi connectivity index (χ3v) is 8.63. The van der Waals surface area contributed by atoms with Crippen molar-refractivity contribution in [3.63, 3.8) is 0 Å². The number of anilines is 1. The summed E-state index contributed by atoms with van der Waals surface area (Å²) in [6.07, 6.45) is 9.92. The monoisotopic (exact) mass is 572 g/mol. The predicted molar refractivity (Wildman–Crippen MR) is 163 cm³/mol. The minimum Gasteiger partial charge on any atom is -0.445 e. The maximum Gasteiger partial charge on any atom is 0.410 e. The van der Waals surface area contributed by atoms with Crippen molar-refractivity contribution in [2.45, 2.75) is 57.2 Å². The molecular weight excluding hydrogens is 536 g/mol. The highest BCUT2D eigenvalue weighted by atomic mass is 35.5. The van der Waals surface area contributed by atoms with E-state index in [9.17, 15) is 4.79 Å². The standard InChI is InChI=1S/C32H37ClN6O2/c33-28-20-36-31(38-30(28)27-19-35-29-12-5-4-11-26(27)29)37-25-10-6-9-23(17-25)18-34-24-13-15-39(16-14-24)32(40)41-21-22-7-2-1-3-8-22/h1-5,7-8,11-12,19-20,23-25,34-35H,6,9-10,13-18,21H2,(H,36,37,38)/t23-,25+/m0/s1. The summed E-state index contributed by atoms with van der Waals surface area (Å²) in [6, 6.07) is 18.7. The molecule has 0 radical (unpaired) electrons. The van der Waals surface area contributed by atoms with E-state index in [4.69, 9.17) is 21.3 Å². The van der Waals surface area contributed by atoms with Gasteiger partial charge in [0.1, 0.15) is 6.61 Å². The highest BCUT2D eigenvalue weighted by Crippen LogP contribution is 2.33. The number of benzene rings is 2. The summed E-state index contributed by atoms with van der Waals surface area (Å²) in [7, 11) is 0. The Morgan fingerprint density at radius 3 is 2.68 bits per heavy atom. The molecule has 8 nitrogen and oxygen atoms in total. The lowest BCUT2D eigenvalue weighted by molar-refractivity contribution is 0.0848. The second-order valence-corrected chi connectivity index (χ2v) is 11.6.